The molecule has 2 rings (SSSR count). The van der Waals surface area contributed by atoms with Crippen molar-refractivity contribution in [2.24, 2.45) is 0 Å². The molecule has 0 aliphatic carbocycles. The molecule has 82 valence electrons. The highest BCUT2D eigenvalue weighted by molar-refractivity contribution is 8.00. The lowest BCUT2D eigenvalue weighted by atomic mass is 10.1. The second-order valence-corrected chi connectivity index (χ2v) is 5.15. The van der Waals surface area contributed by atoms with Gasteiger partial charge in [0.15, 0.2) is 0 Å². The maximum Gasteiger partial charge on any atom is 0.0611 e. The van der Waals surface area contributed by atoms with Gasteiger partial charge in [0, 0.05) is 4.90 Å². The number of thioether (sulfide) groups is 1. The Morgan fingerprint density at radius 2 is 2.07 bits per heavy atom. The van der Waals surface area contributed by atoms with E-state index in [2.05, 4.69) is 29.6 Å². The van der Waals surface area contributed by atoms with Crippen LogP contribution in [0.2, 0.25) is 0 Å². The van der Waals surface area contributed by atoms with Crippen molar-refractivity contribution in [1.82, 2.24) is 5.32 Å². The van der Waals surface area contributed by atoms with Gasteiger partial charge in [0.1, 0.15) is 0 Å². The van der Waals surface area contributed by atoms with Crippen LogP contribution in [0.1, 0.15) is 5.56 Å². The highest BCUT2D eigenvalue weighted by Gasteiger charge is 2.19. The Labute approximate surface area is 95.4 Å². The molecule has 0 bridgehead atoms. The molecule has 1 heterocycles. The van der Waals surface area contributed by atoms with Gasteiger partial charge in [-0.1, -0.05) is 12.1 Å². The van der Waals surface area contributed by atoms with Crippen LogP contribution in [-0.2, 0) is 11.2 Å². The molecule has 15 heavy (non-hydrogen) atoms. The molecule has 1 aromatic carbocycles. The predicted molar refractivity (Wildman–Crippen MR) is 64.5 cm³/mol. The fourth-order valence-corrected chi connectivity index (χ4v) is 2.49. The fraction of sp³-hybridized carbons (Fsp3) is 0.500. The summed E-state index contributed by atoms with van der Waals surface area (Å²) in [6, 6.07) is 8.88. The van der Waals surface area contributed by atoms with Crippen molar-refractivity contribution in [3.05, 3.63) is 29.8 Å². The molecule has 0 atom stereocenters. The maximum absolute atomic E-state index is 5.15. The van der Waals surface area contributed by atoms with E-state index in [0.29, 0.717) is 5.25 Å². The number of hydrogen-bond acceptors (Lipinski definition) is 3. The van der Waals surface area contributed by atoms with Crippen LogP contribution < -0.4 is 5.32 Å². The Kier molecular flexibility index (Phi) is 4.06. The lowest BCUT2D eigenvalue weighted by Crippen LogP contribution is -2.29. The number of nitrogens with one attached hydrogen (secondary N) is 1. The summed E-state index contributed by atoms with van der Waals surface area (Å²) in [4.78, 5) is 1.36. The zero-order valence-electron chi connectivity index (χ0n) is 9.03. The summed E-state index contributed by atoms with van der Waals surface area (Å²) >= 11 is 1.92. The second kappa shape index (κ2) is 5.54. The van der Waals surface area contributed by atoms with Gasteiger partial charge >= 0.3 is 0 Å². The van der Waals surface area contributed by atoms with Gasteiger partial charge in [-0.3, -0.25) is 0 Å². The van der Waals surface area contributed by atoms with Crippen LogP contribution in [0.15, 0.2) is 29.2 Å². The highest BCUT2D eigenvalue weighted by atomic mass is 32.2. The summed E-state index contributed by atoms with van der Waals surface area (Å²) in [6.45, 7) is 2.86. The highest BCUT2D eigenvalue weighted by Crippen LogP contribution is 2.27. The van der Waals surface area contributed by atoms with Crippen molar-refractivity contribution in [2.75, 3.05) is 26.8 Å². The van der Waals surface area contributed by atoms with Gasteiger partial charge in [-0.25, -0.2) is 0 Å². The Morgan fingerprint density at radius 3 is 2.60 bits per heavy atom. The van der Waals surface area contributed by atoms with E-state index in [4.69, 9.17) is 4.74 Å². The molecule has 1 aromatic rings. The van der Waals surface area contributed by atoms with Crippen LogP contribution >= 0.6 is 11.8 Å². The second-order valence-electron chi connectivity index (χ2n) is 3.77. The molecule has 1 fully saturated rings. The minimum Gasteiger partial charge on any atom is -0.379 e. The minimum atomic E-state index is 0.674. The van der Waals surface area contributed by atoms with Gasteiger partial charge in [0.2, 0.25) is 0 Å². The SMILES string of the molecule is CNCCc1ccc(SC2COC2)cc1. The van der Waals surface area contributed by atoms with Crippen molar-refractivity contribution < 1.29 is 4.74 Å². The Hall–Kier alpha value is -0.510. The topological polar surface area (TPSA) is 21.3 Å². The first-order valence-corrected chi connectivity index (χ1v) is 6.24. The van der Waals surface area contributed by atoms with Crippen molar-refractivity contribution in [3.63, 3.8) is 0 Å². The van der Waals surface area contributed by atoms with Crippen LogP contribution in [0.3, 0.4) is 0 Å². The fourth-order valence-electron chi connectivity index (χ4n) is 1.48. The van der Waals surface area contributed by atoms with Crippen molar-refractivity contribution in [2.45, 2.75) is 16.6 Å². The van der Waals surface area contributed by atoms with E-state index in [-0.39, 0.29) is 0 Å². The summed E-state index contributed by atoms with van der Waals surface area (Å²) in [5, 5.41) is 3.83. The molecule has 1 aliphatic heterocycles. The monoisotopic (exact) mass is 223 g/mol. The molecule has 3 heteroatoms. The Bertz CT molecular complexity index is 295. The lowest BCUT2D eigenvalue weighted by Gasteiger charge is -2.25. The third-order valence-corrected chi connectivity index (χ3v) is 3.65. The summed E-state index contributed by atoms with van der Waals surface area (Å²) in [6.07, 6.45) is 1.11. The molecule has 0 aromatic heterocycles. The van der Waals surface area contributed by atoms with Crippen molar-refractivity contribution >= 4 is 11.8 Å². The number of rotatable bonds is 5. The standard InChI is InChI=1S/C12H17NOS/c1-13-7-6-10-2-4-11(5-3-10)15-12-8-14-9-12/h2-5,12-13H,6-9H2,1H3. The first-order valence-electron chi connectivity index (χ1n) is 5.36. The lowest BCUT2D eigenvalue weighted by molar-refractivity contribution is 0.0455. The van der Waals surface area contributed by atoms with Crippen LogP contribution in [0.25, 0.3) is 0 Å². The van der Waals surface area contributed by atoms with Gasteiger partial charge < -0.3 is 10.1 Å². The van der Waals surface area contributed by atoms with Crippen molar-refractivity contribution in [3.8, 4) is 0 Å². The molecule has 2 nitrogen and oxygen atoms in total. The van der Waals surface area contributed by atoms with Crippen molar-refractivity contribution in [1.29, 1.82) is 0 Å². The van der Waals surface area contributed by atoms with Gasteiger partial charge in [0.25, 0.3) is 0 Å². The van der Waals surface area contributed by atoms with E-state index in [9.17, 15) is 0 Å². The molecule has 0 saturated carbocycles. The van der Waals surface area contributed by atoms with Crippen LogP contribution in [0.4, 0.5) is 0 Å². The van der Waals surface area contributed by atoms with Gasteiger partial charge in [-0.2, -0.15) is 0 Å². The third-order valence-electron chi connectivity index (χ3n) is 2.50. The van der Waals surface area contributed by atoms with Crippen LogP contribution in [0.5, 0.6) is 0 Å². The zero-order chi connectivity index (χ0) is 10.5. The van der Waals surface area contributed by atoms with Gasteiger partial charge in [-0.15, -0.1) is 11.8 Å². The quantitative estimate of drug-likeness (QED) is 0.824. The largest absolute Gasteiger partial charge is 0.379 e. The summed E-state index contributed by atoms with van der Waals surface area (Å²) in [7, 11) is 1.99. The maximum atomic E-state index is 5.15. The minimum absolute atomic E-state index is 0.674. The first-order chi connectivity index (χ1) is 7.38. The number of ether oxygens (including phenoxy) is 1. The van der Waals surface area contributed by atoms with E-state index < -0.39 is 0 Å². The summed E-state index contributed by atoms with van der Waals surface area (Å²) in [5.41, 5.74) is 1.40. The van der Waals surface area contributed by atoms with Gasteiger partial charge in [-0.05, 0) is 37.7 Å². The smallest absolute Gasteiger partial charge is 0.0611 e. The Morgan fingerprint density at radius 1 is 1.33 bits per heavy atom. The molecule has 0 radical (unpaired) electrons. The zero-order valence-corrected chi connectivity index (χ0v) is 9.85. The molecule has 1 N–H and O–H groups in total. The van der Waals surface area contributed by atoms with Crippen LogP contribution in [-0.4, -0.2) is 32.1 Å². The van der Waals surface area contributed by atoms with E-state index >= 15 is 0 Å². The first kappa shape index (κ1) is 11.0. The predicted octanol–water partition coefficient (Wildman–Crippen LogP) is 1.94. The average Bonchev–Trinajstić information content (AvgIpc) is 2.22. The average molecular weight is 223 g/mol. The van der Waals surface area contributed by atoms with E-state index in [0.717, 1.165) is 26.2 Å². The molecule has 1 aliphatic rings. The number of benzene rings is 1. The number of likely N-dealkylation sites (N-methyl/N-ethyl adjacent to an activating group) is 1. The van der Waals surface area contributed by atoms with Crippen LogP contribution in [0, 0.1) is 0 Å². The number of hydrogen-bond donors (Lipinski definition) is 1. The summed E-state index contributed by atoms with van der Waals surface area (Å²) in [5.74, 6) is 0. The van der Waals surface area contributed by atoms with Gasteiger partial charge in [0.05, 0.1) is 18.5 Å². The molecular formula is C12H17NOS. The molecular weight excluding hydrogens is 206 g/mol. The van der Waals surface area contributed by atoms with E-state index in [1.807, 2.05) is 18.8 Å². The molecule has 0 amide bonds. The van der Waals surface area contributed by atoms with E-state index in [1.165, 1.54) is 10.5 Å². The third kappa shape index (κ3) is 3.23. The molecule has 0 unspecified atom stereocenters. The van der Waals surface area contributed by atoms with E-state index in [1.54, 1.807) is 0 Å². The normalized spacial score (nSPS) is 16.3. The molecule has 0 spiro atoms. The Balaban J connectivity index is 1.85. The molecule has 1 saturated heterocycles. The summed E-state index contributed by atoms with van der Waals surface area (Å²) < 4.78 is 5.15.